The summed E-state index contributed by atoms with van der Waals surface area (Å²) in [6.07, 6.45) is 0.199. The molecule has 1 unspecified atom stereocenters. The minimum atomic E-state index is -3.76. The van der Waals surface area contributed by atoms with E-state index in [0.29, 0.717) is 12.0 Å². The van der Waals surface area contributed by atoms with Gasteiger partial charge in [-0.2, -0.15) is 0 Å². The lowest BCUT2D eigenvalue weighted by atomic mass is 10.1. The molecule has 0 heterocycles. The van der Waals surface area contributed by atoms with Crippen LogP contribution in [-0.4, -0.2) is 37.2 Å². The Bertz CT molecular complexity index is 580. The van der Waals surface area contributed by atoms with Crippen LogP contribution >= 0.6 is 0 Å². The number of carboxylic acids is 1. The first-order valence-corrected chi connectivity index (χ1v) is 7.80. The van der Waals surface area contributed by atoms with Gasteiger partial charge in [0.25, 0.3) is 0 Å². The first kappa shape index (κ1) is 16.6. The summed E-state index contributed by atoms with van der Waals surface area (Å²) in [5.74, 6) is -1.15. The molecule has 0 bridgehead atoms. The first-order valence-electron chi connectivity index (χ1n) is 6.32. The van der Waals surface area contributed by atoms with E-state index < -0.39 is 22.1 Å². The van der Waals surface area contributed by atoms with Crippen molar-refractivity contribution in [3.05, 3.63) is 29.3 Å². The van der Waals surface area contributed by atoms with Gasteiger partial charge < -0.3 is 10.2 Å². The molecule has 0 aliphatic heterocycles. The van der Waals surface area contributed by atoms with Crippen molar-refractivity contribution in [1.82, 2.24) is 4.72 Å². The number of rotatable bonds is 7. The van der Waals surface area contributed by atoms with E-state index in [9.17, 15) is 13.2 Å². The molecule has 0 aliphatic carbocycles. The normalized spacial score (nSPS) is 13.2. The number of aryl methyl sites for hydroxylation is 1. The monoisotopic (exact) mass is 301 g/mol. The van der Waals surface area contributed by atoms with Crippen LogP contribution in [0, 0.1) is 0 Å². The van der Waals surface area contributed by atoms with Gasteiger partial charge in [-0.05, 0) is 37.5 Å². The minimum absolute atomic E-state index is 0.00842. The number of hydrogen-bond acceptors (Lipinski definition) is 4. The fraction of sp³-hybridized carbons (Fsp3) is 0.462. The van der Waals surface area contributed by atoms with Crippen molar-refractivity contribution in [1.29, 1.82) is 0 Å². The molecule has 0 amide bonds. The number of hydrogen-bond donors (Lipinski definition) is 3. The number of sulfonamides is 1. The standard InChI is InChI=1S/C13H19NO5S/c1-3-10-4-5-11(8-12(10)13(16)17)20(18,19)14-7-6-9(2)15/h4-5,8-9,14-15H,3,6-7H2,1-2H3,(H,16,17). The van der Waals surface area contributed by atoms with E-state index in [4.69, 9.17) is 10.2 Å². The molecule has 6 nitrogen and oxygen atoms in total. The number of carbonyl (C=O) groups is 1. The Hall–Kier alpha value is -1.44. The molecule has 0 aromatic heterocycles. The summed E-state index contributed by atoms with van der Waals surface area (Å²) >= 11 is 0. The van der Waals surface area contributed by atoms with Crippen molar-refractivity contribution in [3.63, 3.8) is 0 Å². The summed E-state index contributed by atoms with van der Waals surface area (Å²) in [4.78, 5) is 11.0. The van der Waals surface area contributed by atoms with Gasteiger partial charge in [0.15, 0.2) is 0 Å². The summed E-state index contributed by atoms with van der Waals surface area (Å²) in [7, 11) is -3.76. The third-order valence-corrected chi connectivity index (χ3v) is 4.32. The number of benzene rings is 1. The van der Waals surface area contributed by atoms with Gasteiger partial charge in [0.05, 0.1) is 16.6 Å². The predicted molar refractivity (Wildman–Crippen MR) is 74.3 cm³/mol. The molecule has 0 fully saturated rings. The highest BCUT2D eigenvalue weighted by atomic mass is 32.2. The molecular weight excluding hydrogens is 282 g/mol. The SMILES string of the molecule is CCc1ccc(S(=O)(=O)NCCC(C)O)cc1C(=O)O. The third kappa shape index (κ3) is 4.29. The van der Waals surface area contributed by atoms with E-state index in [1.807, 2.05) is 0 Å². The van der Waals surface area contributed by atoms with E-state index in [0.717, 1.165) is 6.07 Å². The van der Waals surface area contributed by atoms with Crippen LogP contribution < -0.4 is 4.72 Å². The Balaban J connectivity index is 3.01. The molecule has 1 aromatic carbocycles. The predicted octanol–water partition coefficient (Wildman–Crippen LogP) is 0.996. The van der Waals surface area contributed by atoms with Gasteiger partial charge >= 0.3 is 5.97 Å². The largest absolute Gasteiger partial charge is 0.478 e. The Kier molecular flexibility index (Phi) is 5.67. The molecule has 1 aromatic rings. The Morgan fingerprint density at radius 3 is 2.55 bits per heavy atom. The first-order chi connectivity index (χ1) is 9.27. The number of aliphatic hydroxyl groups excluding tert-OH is 1. The quantitative estimate of drug-likeness (QED) is 0.697. The summed E-state index contributed by atoms with van der Waals surface area (Å²) < 4.78 is 26.3. The molecule has 1 rings (SSSR count). The highest BCUT2D eigenvalue weighted by Gasteiger charge is 2.18. The van der Waals surface area contributed by atoms with Crippen molar-refractivity contribution in [2.24, 2.45) is 0 Å². The number of carboxylic acid groups (broad SMARTS) is 1. The molecule has 0 spiro atoms. The molecule has 7 heteroatoms. The number of aromatic carboxylic acids is 1. The minimum Gasteiger partial charge on any atom is -0.478 e. The van der Waals surface area contributed by atoms with Crippen LogP contribution in [0.15, 0.2) is 23.1 Å². The lowest BCUT2D eigenvalue weighted by molar-refractivity contribution is 0.0695. The van der Waals surface area contributed by atoms with Crippen LogP contribution in [0.5, 0.6) is 0 Å². The maximum Gasteiger partial charge on any atom is 0.336 e. The fourth-order valence-corrected chi connectivity index (χ4v) is 2.79. The summed E-state index contributed by atoms with van der Waals surface area (Å²) in [5.41, 5.74) is 0.575. The summed E-state index contributed by atoms with van der Waals surface area (Å²) in [5, 5.41) is 18.2. The number of nitrogens with one attached hydrogen (secondary N) is 1. The maximum absolute atomic E-state index is 12.0. The summed E-state index contributed by atoms with van der Waals surface area (Å²) in [6, 6.07) is 4.05. The molecule has 0 radical (unpaired) electrons. The van der Waals surface area contributed by atoms with E-state index in [2.05, 4.69) is 4.72 Å². The van der Waals surface area contributed by atoms with Crippen LogP contribution in [0.4, 0.5) is 0 Å². The van der Waals surface area contributed by atoms with Gasteiger partial charge in [-0.1, -0.05) is 13.0 Å². The second kappa shape index (κ2) is 6.83. The second-order valence-electron chi connectivity index (χ2n) is 4.51. The maximum atomic E-state index is 12.0. The Labute approximate surface area is 118 Å². The molecule has 20 heavy (non-hydrogen) atoms. The number of aliphatic hydroxyl groups is 1. The molecule has 0 saturated carbocycles. The Morgan fingerprint density at radius 1 is 1.40 bits per heavy atom. The van der Waals surface area contributed by atoms with Crippen LogP contribution in [0.25, 0.3) is 0 Å². The van der Waals surface area contributed by atoms with Crippen molar-refractivity contribution < 1.29 is 23.4 Å². The lowest BCUT2D eigenvalue weighted by Gasteiger charge is -2.10. The van der Waals surface area contributed by atoms with Crippen molar-refractivity contribution in [2.45, 2.75) is 37.7 Å². The van der Waals surface area contributed by atoms with E-state index >= 15 is 0 Å². The zero-order chi connectivity index (χ0) is 15.3. The van der Waals surface area contributed by atoms with Crippen LogP contribution in [-0.2, 0) is 16.4 Å². The third-order valence-electron chi connectivity index (χ3n) is 2.86. The van der Waals surface area contributed by atoms with Crippen molar-refractivity contribution in [2.75, 3.05) is 6.54 Å². The van der Waals surface area contributed by atoms with Crippen molar-refractivity contribution >= 4 is 16.0 Å². The average molecular weight is 301 g/mol. The fourth-order valence-electron chi connectivity index (χ4n) is 1.72. The average Bonchev–Trinajstić information content (AvgIpc) is 2.37. The van der Waals surface area contributed by atoms with Crippen LogP contribution in [0.2, 0.25) is 0 Å². The highest BCUT2D eigenvalue weighted by Crippen LogP contribution is 2.17. The van der Waals surface area contributed by atoms with Gasteiger partial charge in [-0.15, -0.1) is 0 Å². The lowest BCUT2D eigenvalue weighted by Crippen LogP contribution is -2.27. The van der Waals surface area contributed by atoms with Gasteiger partial charge in [-0.3, -0.25) is 0 Å². The van der Waals surface area contributed by atoms with Crippen LogP contribution in [0.3, 0.4) is 0 Å². The zero-order valence-electron chi connectivity index (χ0n) is 11.5. The van der Waals surface area contributed by atoms with E-state index in [1.54, 1.807) is 13.8 Å². The van der Waals surface area contributed by atoms with Crippen LogP contribution in [0.1, 0.15) is 36.2 Å². The zero-order valence-corrected chi connectivity index (χ0v) is 12.3. The molecule has 112 valence electrons. The Morgan fingerprint density at radius 2 is 2.05 bits per heavy atom. The summed E-state index contributed by atoms with van der Waals surface area (Å²) in [6.45, 7) is 3.46. The van der Waals surface area contributed by atoms with E-state index in [-0.39, 0.29) is 23.4 Å². The van der Waals surface area contributed by atoms with Gasteiger partial charge in [0.1, 0.15) is 0 Å². The molecule has 0 saturated heterocycles. The smallest absolute Gasteiger partial charge is 0.336 e. The highest BCUT2D eigenvalue weighted by molar-refractivity contribution is 7.89. The molecular formula is C13H19NO5S. The van der Waals surface area contributed by atoms with Crippen molar-refractivity contribution in [3.8, 4) is 0 Å². The van der Waals surface area contributed by atoms with E-state index in [1.165, 1.54) is 12.1 Å². The second-order valence-corrected chi connectivity index (χ2v) is 6.28. The van der Waals surface area contributed by atoms with Gasteiger partial charge in [-0.25, -0.2) is 17.9 Å². The molecule has 0 aliphatic rings. The topological polar surface area (TPSA) is 104 Å². The molecule has 1 atom stereocenters. The molecule has 3 N–H and O–H groups in total. The van der Waals surface area contributed by atoms with Gasteiger partial charge in [0, 0.05) is 6.54 Å². The van der Waals surface area contributed by atoms with Gasteiger partial charge in [0.2, 0.25) is 10.0 Å².